The Kier molecular flexibility index (Phi) is 8.60. The molecule has 8 aromatic carbocycles. The minimum Gasteiger partial charge on any atom is -0.310 e. The molecule has 0 bridgehead atoms. The monoisotopic (exact) mass is 777 g/mol. The fourth-order valence-electron chi connectivity index (χ4n) is 9.84. The maximum atomic E-state index is 2.57. The van der Waals surface area contributed by atoms with Gasteiger partial charge in [0.1, 0.15) is 0 Å². The summed E-state index contributed by atoms with van der Waals surface area (Å²) in [6, 6.07) is 68.1. The lowest BCUT2D eigenvalue weighted by Gasteiger charge is -2.30. The second-order valence-electron chi connectivity index (χ2n) is 18.7. The van der Waals surface area contributed by atoms with Gasteiger partial charge in [0.05, 0.1) is 13.8 Å². The predicted molar refractivity (Wildman–Crippen MR) is 256 cm³/mol. The van der Waals surface area contributed by atoms with Crippen LogP contribution in [-0.4, -0.2) is 8.07 Å². The fraction of sp³-hybridized carbons (Fsp3) is 0.158. The SMILES string of the molecule is CC1(C)c2cc([Si](C)(C)C)ccc2-c2cc3c(cc21)-c1c(N(c2ccc(-c4ccccc4)cc2)c2cc(-c4ccccc4)cc(-c4ccccc4)c2)cccc1C3(C)C. The molecule has 1 nitrogen and oxygen atoms in total. The molecule has 0 amide bonds. The van der Waals surface area contributed by atoms with Crippen LogP contribution in [0, 0.1) is 0 Å². The van der Waals surface area contributed by atoms with Crippen molar-refractivity contribution in [1.29, 1.82) is 0 Å². The first-order chi connectivity index (χ1) is 28.4. The molecule has 0 spiro atoms. The van der Waals surface area contributed by atoms with Crippen LogP contribution < -0.4 is 10.1 Å². The summed E-state index contributed by atoms with van der Waals surface area (Å²) in [4.78, 5) is 2.52. The number of fused-ring (bicyclic) bond motifs is 6. The maximum absolute atomic E-state index is 2.57. The standard InChI is InChI=1S/C57H51NSi/c1-56(2)50-24-17-25-54(55(50)49-37-52-48(36-53(49)56)47-31-30-46(59(5,6)7)35-51(47)57(52,3)4)58(44-28-26-41(27-29-44)38-18-11-8-12-19-38)45-33-42(39-20-13-9-14-21-39)32-43(34-45)40-22-15-10-16-23-40/h8-37H,1-7H3. The molecule has 288 valence electrons. The van der Waals surface area contributed by atoms with E-state index in [0.717, 1.165) is 11.4 Å². The molecule has 2 aliphatic carbocycles. The zero-order chi connectivity index (χ0) is 40.7. The summed E-state index contributed by atoms with van der Waals surface area (Å²) >= 11 is 0. The van der Waals surface area contributed by atoms with Crippen LogP contribution in [-0.2, 0) is 10.8 Å². The van der Waals surface area contributed by atoms with Crippen LogP contribution in [0.1, 0.15) is 49.9 Å². The molecule has 0 saturated heterocycles. The van der Waals surface area contributed by atoms with Gasteiger partial charge in [-0.15, -0.1) is 0 Å². The molecule has 0 heterocycles. The summed E-state index contributed by atoms with van der Waals surface area (Å²) in [5, 5.41) is 1.53. The van der Waals surface area contributed by atoms with Crippen molar-refractivity contribution in [3.63, 3.8) is 0 Å². The normalized spacial score (nSPS) is 14.3. The van der Waals surface area contributed by atoms with E-state index in [1.807, 2.05) is 0 Å². The number of rotatable bonds is 7. The quantitative estimate of drug-likeness (QED) is 0.146. The fourth-order valence-corrected chi connectivity index (χ4v) is 11.0. The summed E-state index contributed by atoms with van der Waals surface area (Å²) in [7, 11) is -1.49. The lowest BCUT2D eigenvalue weighted by molar-refractivity contribution is 0.652. The van der Waals surface area contributed by atoms with Crippen LogP contribution in [0.15, 0.2) is 182 Å². The Morgan fingerprint density at radius 3 is 1.42 bits per heavy atom. The average Bonchev–Trinajstić information content (AvgIpc) is 3.62. The Morgan fingerprint density at radius 1 is 0.356 bits per heavy atom. The van der Waals surface area contributed by atoms with Crippen LogP contribution >= 0.6 is 0 Å². The summed E-state index contributed by atoms with van der Waals surface area (Å²) in [5.41, 5.74) is 21.5. The lowest BCUT2D eigenvalue weighted by atomic mass is 9.79. The molecule has 2 aliphatic rings. The van der Waals surface area contributed by atoms with Gasteiger partial charge in [0, 0.05) is 27.8 Å². The van der Waals surface area contributed by atoms with Crippen LogP contribution in [0.2, 0.25) is 19.6 Å². The van der Waals surface area contributed by atoms with Crippen molar-refractivity contribution in [3.05, 3.63) is 204 Å². The third kappa shape index (κ3) is 6.12. The second kappa shape index (κ2) is 13.7. The topological polar surface area (TPSA) is 3.24 Å². The van der Waals surface area contributed by atoms with Gasteiger partial charge in [-0.05, 0) is 121 Å². The number of nitrogens with zero attached hydrogens (tertiary/aromatic N) is 1. The largest absolute Gasteiger partial charge is 0.310 e. The number of benzene rings is 8. The number of anilines is 3. The molecule has 0 atom stereocenters. The van der Waals surface area contributed by atoms with Crippen molar-refractivity contribution in [2.24, 2.45) is 0 Å². The molecule has 8 aromatic rings. The van der Waals surface area contributed by atoms with Crippen molar-refractivity contribution in [3.8, 4) is 55.6 Å². The van der Waals surface area contributed by atoms with E-state index in [9.17, 15) is 0 Å². The van der Waals surface area contributed by atoms with Gasteiger partial charge in [0.25, 0.3) is 0 Å². The van der Waals surface area contributed by atoms with E-state index in [2.05, 4.69) is 234 Å². The van der Waals surface area contributed by atoms with Gasteiger partial charge in [0.15, 0.2) is 0 Å². The molecule has 0 N–H and O–H groups in total. The maximum Gasteiger partial charge on any atom is 0.0776 e. The molecular weight excluding hydrogens is 727 g/mol. The highest BCUT2D eigenvalue weighted by molar-refractivity contribution is 6.88. The van der Waals surface area contributed by atoms with Crippen molar-refractivity contribution in [2.45, 2.75) is 58.2 Å². The van der Waals surface area contributed by atoms with Gasteiger partial charge in [-0.3, -0.25) is 0 Å². The molecule has 0 unspecified atom stereocenters. The van der Waals surface area contributed by atoms with Gasteiger partial charge in [-0.25, -0.2) is 0 Å². The van der Waals surface area contributed by atoms with Crippen molar-refractivity contribution >= 4 is 30.3 Å². The first-order valence-corrected chi connectivity index (χ1v) is 24.6. The third-order valence-corrected chi connectivity index (χ3v) is 15.2. The Labute approximate surface area is 351 Å². The smallest absolute Gasteiger partial charge is 0.0776 e. The van der Waals surface area contributed by atoms with Gasteiger partial charge in [0.2, 0.25) is 0 Å². The highest BCUT2D eigenvalue weighted by atomic mass is 28.3. The molecule has 0 aliphatic heterocycles. The van der Waals surface area contributed by atoms with Crippen molar-refractivity contribution in [1.82, 2.24) is 0 Å². The van der Waals surface area contributed by atoms with Crippen molar-refractivity contribution < 1.29 is 0 Å². The summed E-state index contributed by atoms with van der Waals surface area (Å²) in [6.07, 6.45) is 0. The predicted octanol–water partition coefficient (Wildman–Crippen LogP) is 15.3. The van der Waals surface area contributed by atoms with E-state index in [1.54, 1.807) is 0 Å². The van der Waals surface area contributed by atoms with E-state index in [4.69, 9.17) is 0 Å². The first-order valence-electron chi connectivity index (χ1n) is 21.1. The van der Waals surface area contributed by atoms with Crippen molar-refractivity contribution in [2.75, 3.05) is 4.90 Å². The Hall–Kier alpha value is -6.22. The minimum atomic E-state index is -1.49. The van der Waals surface area contributed by atoms with Gasteiger partial charge in [-0.1, -0.05) is 186 Å². The van der Waals surface area contributed by atoms with Gasteiger partial charge < -0.3 is 4.90 Å². The van der Waals surface area contributed by atoms with Gasteiger partial charge >= 0.3 is 0 Å². The number of hydrogen-bond acceptors (Lipinski definition) is 1. The highest BCUT2D eigenvalue weighted by Crippen LogP contribution is 2.59. The summed E-state index contributed by atoms with van der Waals surface area (Å²) in [5.74, 6) is 0. The third-order valence-electron chi connectivity index (χ3n) is 13.2. The molecule has 0 aromatic heterocycles. The van der Waals surface area contributed by atoms with Crippen LogP contribution in [0.5, 0.6) is 0 Å². The molecular formula is C57H51NSi. The number of hydrogen-bond donors (Lipinski definition) is 0. The Morgan fingerprint density at radius 2 is 0.847 bits per heavy atom. The van der Waals surface area contributed by atoms with E-state index < -0.39 is 8.07 Å². The molecule has 0 fully saturated rings. The molecule has 10 rings (SSSR count). The zero-order valence-corrected chi connectivity index (χ0v) is 36.3. The Bertz CT molecular complexity index is 2820. The minimum absolute atomic E-state index is 0.112. The average molecular weight is 778 g/mol. The molecule has 59 heavy (non-hydrogen) atoms. The Balaban J connectivity index is 1.22. The van der Waals surface area contributed by atoms with E-state index in [0.29, 0.717) is 0 Å². The summed E-state index contributed by atoms with van der Waals surface area (Å²) < 4.78 is 0. The second-order valence-corrected chi connectivity index (χ2v) is 23.7. The first kappa shape index (κ1) is 37.1. The van der Waals surface area contributed by atoms with E-state index in [-0.39, 0.29) is 10.8 Å². The van der Waals surface area contributed by atoms with E-state index >= 15 is 0 Å². The van der Waals surface area contributed by atoms with E-state index in [1.165, 1.54) is 88.8 Å². The molecule has 0 saturated carbocycles. The van der Waals surface area contributed by atoms with Crippen LogP contribution in [0.25, 0.3) is 55.6 Å². The highest BCUT2D eigenvalue weighted by Gasteiger charge is 2.43. The van der Waals surface area contributed by atoms with Gasteiger partial charge in [-0.2, -0.15) is 0 Å². The summed E-state index contributed by atoms with van der Waals surface area (Å²) in [6.45, 7) is 17.1. The van der Waals surface area contributed by atoms with Crippen LogP contribution in [0.3, 0.4) is 0 Å². The zero-order valence-electron chi connectivity index (χ0n) is 35.3. The molecule has 0 radical (unpaired) electrons. The molecule has 2 heteroatoms. The van der Waals surface area contributed by atoms with Crippen LogP contribution in [0.4, 0.5) is 17.1 Å². The lowest BCUT2D eigenvalue weighted by Crippen LogP contribution is -2.38.